The molecule has 0 amide bonds. The highest BCUT2D eigenvalue weighted by Crippen LogP contribution is 2.33. The molecule has 0 atom stereocenters. The average Bonchev–Trinajstić information content (AvgIpc) is 2.83. The number of pyridine rings is 1. The largest absolute Gasteiger partial charge is 0.335 e. The summed E-state index contributed by atoms with van der Waals surface area (Å²) in [5.41, 5.74) is 3.51. The van der Waals surface area contributed by atoms with E-state index in [0.29, 0.717) is 44.1 Å². The molecule has 1 N–H and O–H groups in total. The van der Waals surface area contributed by atoms with Crippen LogP contribution in [0.4, 0.5) is 11.6 Å². The summed E-state index contributed by atoms with van der Waals surface area (Å²) in [6.07, 6.45) is 5.64. The number of anilines is 2. The molecular weight excluding hydrogens is 469 g/mol. The van der Waals surface area contributed by atoms with Gasteiger partial charge in [0.15, 0.2) is 0 Å². The Morgan fingerprint density at radius 2 is 1.68 bits per heavy atom. The average molecular weight is 494 g/mol. The Kier molecular flexibility index (Phi) is 6.30. The first kappa shape index (κ1) is 22.8. The first-order valence-corrected chi connectivity index (χ1v) is 12.0. The Labute approximate surface area is 208 Å². The number of likely N-dealkylation sites (tertiary alicyclic amines) is 1. The predicted molar refractivity (Wildman–Crippen MR) is 139 cm³/mol. The number of nitrogens with one attached hydrogen (secondary N) is 1. The van der Waals surface area contributed by atoms with Gasteiger partial charge in [-0.1, -0.05) is 41.4 Å². The lowest BCUT2D eigenvalue weighted by Gasteiger charge is -2.29. The molecular formula is C26H25Cl2N5O. The molecule has 0 saturated carbocycles. The second-order valence-corrected chi connectivity index (χ2v) is 9.65. The number of piperidine rings is 1. The van der Waals surface area contributed by atoms with E-state index in [1.54, 1.807) is 35.2 Å². The molecule has 0 radical (unpaired) electrons. The number of aryl methyl sites for hydroxylation is 1. The molecule has 3 heterocycles. The monoisotopic (exact) mass is 493 g/mol. The van der Waals surface area contributed by atoms with Gasteiger partial charge in [0.1, 0.15) is 5.65 Å². The fourth-order valence-electron chi connectivity index (χ4n) is 4.56. The van der Waals surface area contributed by atoms with Crippen LogP contribution >= 0.6 is 23.2 Å². The van der Waals surface area contributed by atoms with Gasteiger partial charge in [0.05, 0.1) is 15.4 Å². The number of hydrogen-bond acceptors (Lipinski definition) is 5. The summed E-state index contributed by atoms with van der Waals surface area (Å²) in [5, 5.41) is 4.50. The number of halogens is 2. The lowest BCUT2D eigenvalue weighted by atomic mass is 9.89. The Morgan fingerprint density at radius 1 is 1.00 bits per heavy atom. The molecule has 0 unspecified atom stereocenters. The summed E-state index contributed by atoms with van der Waals surface area (Å²) in [6, 6.07) is 13.7. The van der Waals surface area contributed by atoms with E-state index >= 15 is 0 Å². The Hall–Kier alpha value is -2.93. The highest BCUT2D eigenvalue weighted by Gasteiger charge is 2.19. The van der Waals surface area contributed by atoms with E-state index in [1.165, 1.54) is 18.4 Å². The van der Waals surface area contributed by atoms with Crippen LogP contribution in [0.1, 0.15) is 24.3 Å². The normalized spacial score (nSPS) is 15.1. The van der Waals surface area contributed by atoms with Crippen LogP contribution in [0.2, 0.25) is 10.0 Å². The maximum Gasteiger partial charge on any atom is 0.229 e. The van der Waals surface area contributed by atoms with Gasteiger partial charge in [0.2, 0.25) is 11.4 Å². The van der Waals surface area contributed by atoms with Crippen molar-refractivity contribution in [1.82, 2.24) is 19.4 Å². The third kappa shape index (κ3) is 4.41. The van der Waals surface area contributed by atoms with Gasteiger partial charge in [-0.25, -0.2) is 4.98 Å². The summed E-state index contributed by atoms with van der Waals surface area (Å²) < 4.78 is 1.79. The van der Waals surface area contributed by atoms with Crippen LogP contribution in [-0.2, 0) is 7.05 Å². The highest BCUT2D eigenvalue weighted by molar-refractivity contribution is 6.39. The molecule has 174 valence electrons. The third-order valence-electron chi connectivity index (χ3n) is 6.50. The fraction of sp³-hybridized carbons (Fsp3) is 0.269. The number of fused-ring (bicyclic) bond motifs is 1. The van der Waals surface area contributed by atoms with Gasteiger partial charge in [0, 0.05) is 36.3 Å². The van der Waals surface area contributed by atoms with E-state index in [9.17, 15) is 4.79 Å². The minimum atomic E-state index is -0.211. The molecule has 1 aliphatic heterocycles. The zero-order chi connectivity index (χ0) is 23.8. The third-order valence-corrected chi connectivity index (χ3v) is 7.13. The van der Waals surface area contributed by atoms with E-state index in [1.807, 2.05) is 7.05 Å². The number of nitrogens with zero attached hydrogens (tertiary/aromatic N) is 4. The summed E-state index contributed by atoms with van der Waals surface area (Å²) in [5.74, 6) is 1.04. The number of hydrogen-bond donors (Lipinski definition) is 1. The first-order valence-electron chi connectivity index (χ1n) is 11.3. The summed E-state index contributed by atoms with van der Waals surface area (Å²) >= 11 is 12.7. The van der Waals surface area contributed by atoms with E-state index in [2.05, 4.69) is 51.5 Å². The van der Waals surface area contributed by atoms with Crippen LogP contribution < -0.4 is 10.7 Å². The van der Waals surface area contributed by atoms with E-state index in [4.69, 9.17) is 23.2 Å². The summed E-state index contributed by atoms with van der Waals surface area (Å²) in [4.78, 5) is 24.6. The van der Waals surface area contributed by atoms with Crippen molar-refractivity contribution < 1.29 is 0 Å². The van der Waals surface area contributed by atoms with Gasteiger partial charge in [0.25, 0.3) is 0 Å². The first-order chi connectivity index (χ1) is 16.4. The molecule has 2 aromatic heterocycles. The van der Waals surface area contributed by atoms with Crippen molar-refractivity contribution in [2.75, 3.05) is 25.5 Å². The van der Waals surface area contributed by atoms with Gasteiger partial charge in [-0.3, -0.25) is 4.79 Å². The van der Waals surface area contributed by atoms with Crippen LogP contribution in [0.25, 0.3) is 22.2 Å². The zero-order valence-corrected chi connectivity index (χ0v) is 20.6. The number of aromatic nitrogens is 3. The smallest absolute Gasteiger partial charge is 0.229 e. The van der Waals surface area contributed by atoms with E-state index in [0.717, 1.165) is 18.8 Å². The van der Waals surface area contributed by atoms with Crippen LogP contribution in [-0.4, -0.2) is 39.6 Å². The van der Waals surface area contributed by atoms with Crippen LogP contribution in [0, 0.1) is 0 Å². The van der Waals surface area contributed by atoms with Gasteiger partial charge < -0.3 is 14.8 Å². The van der Waals surface area contributed by atoms with Crippen molar-refractivity contribution >= 4 is 45.9 Å². The Morgan fingerprint density at radius 3 is 2.35 bits per heavy atom. The molecule has 0 bridgehead atoms. The van der Waals surface area contributed by atoms with Crippen molar-refractivity contribution in [3.8, 4) is 11.1 Å². The minimum Gasteiger partial charge on any atom is -0.335 e. The quantitative estimate of drug-likeness (QED) is 0.385. The molecule has 6 nitrogen and oxygen atoms in total. The summed E-state index contributed by atoms with van der Waals surface area (Å²) in [7, 11) is 4.01. The van der Waals surface area contributed by atoms with Crippen molar-refractivity contribution in [2.24, 2.45) is 7.05 Å². The molecule has 0 spiro atoms. The van der Waals surface area contributed by atoms with Crippen molar-refractivity contribution in [2.45, 2.75) is 18.8 Å². The predicted octanol–water partition coefficient (Wildman–Crippen LogP) is 5.86. The molecule has 0 aliphatic carbocycles. The molecule has 4 aromatic rings. The van der Waals surface area contributed by atoms with Crippen molar-refractivity contribution in [3.63, 3.8) is 0 Å². The lowest BCUT2D eigenvalue weighted by molar-refractivity contribution is 0.255. The maximum atomic E-state index is 13.2. The summed E-state index contributed by atoms with van der Waals surface area (Å²) in [6.45, 7) is 2.28. The number of rotatable bonds is 4. The Balaban J connectivity index is 1.43. The maximum absolute atomic E-state index is 13.2. The molecule has 1 saturated heterocycles. The second-order valence-electron chi connectivity index (χ2n) is 8.83. The van der Waals surface area contributed by atoms with Crippen molar-refractivity contribution in [1.29, 1.82) is 0 Å². The van der Waals surface area contributed by atoms with Gasteiger partial charge in [-0.2, -0.15) is 4.98 Å². The van der Waals surface area contributed by atoms with Crippen molar-refractivity contribution in [3.05, 3.63) is 80.7 Å². The highest BCUT2D eigenvalue weighted by atomic mass is 35.5. The van der Waals surface area contributed by atoms with Gasteiger partial charge >= 0.3 is 0 Å². The fourth-order valence-corrected chi connectivity index (χ4v) is 5.16. The van der Waals surface area contributed by atoms with Crippen LogP contribution in [0.15, 0.2) is 59.7 Å². The molecule has 5 rings (SSSR count). The molecule has 1 fully saturated rings. The molecule has 8 heteroatoms. The minimum absolute atomic E-state index is 0.211. The topological polar surface area (TPSA) is 63.1 Å². The van der Waals surface area contributed by atoms with E-state index < -0.39 is 0 Å². The molecule has 2 aromatic carbocycles. The van der Waals surface area contributed by atoms with Crippen LogP contribution in [0.3, 0.4) is 0 Å². The number of benzene rings is 2. The van der Waals surface area contributed by atoms with Gasteiger partial charge in [-0.15, -0.1) is 0 Å². The van der Waals surface area contributed by atoms with Gasteiger partial charge in [-0.05, 0) is 68.7 Å². The van der Waals surface area contributed by atoms with E-state index in [-0.39, 0.29) is 5.43 Å². The second kappa shape index (κ2) is 9.37. The lowest BCUT2D eigenvalue weighted by Crippen LogP contribution is -2.29. The van der Waals surface area contributed by atoms with Crippen LogP contribution in [0.5, 0.6) is 0 Å². The Bertz CT molecular complexity index is 1390. The zero-order valence-electron chi connectivity index (χ0n) is 19.1. The molecule has 1 aliphatic rings. The molecule has 34 heavy (non-hydrogen) atoms. The SMILES string of the molecule is CN1CCC(c2ccc(Nc3ncc4c(=O)c(-c5c(Cl)cccc5Cl)cn(C)c4n3)cc2)CC1. The standard InChI is InChI=1S/C26H25Cl2N5O/c1-32-12-10-17(11-13-32)16-6-8-18(9-7-16)30-26-29-14-19-24(34)20(15-33(2)25(19)31-26)23-21(27)4-3-5-22(23)28/h3-9,14-15,17H,10-13H2,1-2H3,(H,29,30,31).